The average Bonchev–Trinajstić information content (AvgIpc) is 3.43. The van der Waals surface area contributed by atoms with Crippen molar-refractivity contribution in [2.24, 2.45) is 0 Å². The zero-order valence-electron chi connectivity index (χ0n) is 15.1. The number of amides is 1. The molecule has 28 heavy (non-hydrogen) atoms. The van der Waals surface area contributed by atoms with E-state index in [0.717, 1.165) is 5.01 Å². The summed E-state index contributed by atoms with van der Waals surface area (Å²) in [6.07, 6.45) is 3.19. The number of nitrogens with zero attached hydrogens (tertiary/aromatic N) is 4. The van der Waals surface area contributed by atoms with E-state index < -0.39 is 17.7 Å². The lowest BCUT2D eigenvalue weighted by Crippen LogP contribution is -2.31. The quantitative estimate of drug-likeness (QED) is 0.639. The molecule has 0 unspecified atom stereocenters. The van der Waals surface area contributed by atoms with E-state index in [-0.39, 0.29) is 17.3 Å². The predicted molar refractivity (Wildman–Crippen MR) is 107 cm³/mol. The Morgan fingerprint density at radius 2 is 2.07 bits per heavy atom. The van der Waals surface area contributed by atoms with Gasteiger partial charge in [-0.1, -0.05) is 37.3 Å². The molecule has 0 radical (unpaired) electrons. The molecule has 1 aliphatic heterocycles. The highest BCUT2D eigenvalue weighted by Gasteiger charge is 2.46. The predicted octanol–water partition coefficient (Wildman–Crippen LogP) is 3.90. The highest BCUT2D eigenvalue weighted by molar-refractivity contribution is 7.15. The van der Waals surface area contributed by atoms with E-state index in [0.29, 0.717) is 15.6 Å². The Bertz CT molecular complexity index is 1060. The number of ketones is 1. The molecule has 9 heteroatoms. The third-order valence-electron chi connectivity index (χ3n) is 4.33. The monoisotopic (exact) mass is 412 g/mol. The zero-order valence-corrected chi connectivity index (χ0v) is 16.7. The standard InChI is InChI=1S/C19H16N4O3S2/c1-10(2)17-21-22-19(28-17)23-14(11-5-3-7-20-9-11)13(16(25)18(23)26)15(24)12-6-4-8-27-12/h3-10,14,25H,1-2H3/t14-/m0/s1. The van der Waals surface area contributed by atoms with Gasteiger partial charge in [0.2, 0.25) is 10.9 Å². The number of pyridine rings is 1. The number of aromatic nitrogens is 3. The number of aliphatic hydroxyl groups excluding tert-OH is 1. The van der Waals surface area contributed by atoms with Gasteiger partial charge >= 0.3 is 0 Å². The molecule has 3 aromatic rings. The van der Waals surface area contributed by atoms with Crippen molar-refractivity contribution in [3.05, 3.63) is 68.8 Å². The van der Waals surface area contributed by atoms with E-state index in [1.807, 2.05) is 13.8 Å². The molecular formula is C19H16N4O3S2. The lowest BCUT2D eigenvalue weighted by Gasteiger charge is -2.23. The summed E-state index contributed by atoms with van der Waals surface area (Å²) in [5.41, 5.74) is 0.642. The molecule has 7 nitrogen and oxygen atoms in total. The van der Waals surface area contributed by atoms with Crippen molar-refractivity contribution in [1.29, 1.82) is 0 Å². The summed E-state index contributed by atoms with van der Waals surface area (Å²) in [6, 6.07) is 6.09. The molecule has 0 aromatic carbocycles. The van der Waals surface area contributed by atoms with Gasteiger partial charge in [-0.2, -0.15) is 0 Å². The lowest BCUT2D eigenvalue weighted by atomic mass is 9.97. The Balaban J connectivity index is 1.85. The van der Waals surface area contributed by atoms with Gasteiger partial charge in [0.15, 0.2) is 5.76 Å². The summed E-state index contributed by atoms with van der Waals surface area (Å²) in [5, 5.41) is 21.8. The fourth-order valence-electron chi connectivity index (χ4n) is 2.99. The van der Waals surface area contributed by atoms with E-state index >= 15 is 0 Å². The van der Waals surface area contributed by atoms with E-state index in [1.165, 1.54) is 27.6 Å². The molecule has 1 atom stereocenters. The number of carbonyl (C=O) groups is 2. The van der Waals surface area contributed by atoms with Gasteiger partial charge in [-0.3, -0.25) is 19.5 Å². The number of aliphatic hydroxyl groups is 1. The van der Waals surface area contributed by atoms with Crippen LogP contribution in [0.25, 0.3) is 0 Å². The maximum Gasteiger partial charge on any atom is 0.296 e. The molecule has 142 valence electrons. The minimum absolute atomic E-state index is 0.0294. The summed E-state index contributed by atoms with van der Waals surface area (Å²) >= 11 is 2.53. The Morgan fingerprint density at radius 3 is 2.68 bits per heavy atom. The minimum atomic E-state index is -0.816. The van der Waals surface area contributed by atoms with Gasteiger partial charge in [-0.25, -0.2) is 0 Å². The summed E-state index contributed by atoms with van der Waals surface area (Å²) < 4.78 is 0. The van der Waals surface area contributed by atoms with E-state index in [9.17, 15) is 14.7 Å². The summed E-state index contributed by atoms with van der Waals surface area (Å²) in [5.74, 6) is -1.46. The van der Waals surface area contributed by atoms with Gasteiger partial charge in [-0.15, -0.1) is 21.5 Å². The second-order valence-electron chi connectivity index (χ2n) is 6.51. The van der Waals surface area contributed by atoms with Gasteiger partial charge in [0.05, 0.1) is 16.5 Å². The molecule has 4 heterocycles. The van der Waals surface area contributed by atoms with Crippen LogP contribution in [-0.4, -0.2) is 32.0 Å². The van der Waals surface area contributed by atoms with Crippen molar-refractivity contribution in [2.75, 3.05) is 4.90 Å². The maximum atomic E-state index is 13.1. The number of carbonyl (C=O) groups excluding carboxylic acids is 2. The first-order valence-corrected chi connectivity index (χ1v) is 10.3. The Kier molecular flexibility index (Phi) is 4.78. The van der Waals surface area contributed by atoms with Crippen LogP contribution in [0.15, 0.2) is 53.4 Å². The molecule has 0 saturated carbocycles. The van der Waals surface area contributed by atoms with Crippen LogP contribution in [0.2, 0.25) is 0 Å². The molecular weight excluding hydrogens is 396 g/mol. The summed E-state index contributed by atoms with van der Waals surface area (Å²) in [4.78, 5) is 31.9. The number of anilines is 1. The smallest absolute Gasteiger partial charge is 0.296 e. The average molecular weight is 412 g/mol. The van der Waals surface area contributed by atoms with Crippen LogP contribution in [0.1, 0.15) is 46.0 Å². The van der Waals surface area contributed by atoms with Crippen molar-refractivity contribution < 1.29 is 14.7 Å². The fourth-order valence-corrected chi connectivity index (χ4v) is 4.54. The van der Waals surface area contributed by atoms with Crippen molar-refractivity contribution in [2.45, 2.75) is 25.8 Å². The highest BCUT2D eigenvalue weighted by atomic mass is 32.1. The molecule has 4 rings (SSSR count). The topological polar surface area (TPSA) is 96.3 Å². The second kappa shape index (κ2) is 7.25. The zero-order chi connectivity index (χ0) is 19.8. The molecule has 0 spiro atoms. The number of hydrogen-bond acceptors (Lipinski definition) is 8. The molecule has 0 aliphatic carbocycles. The molecule has 1 N–H and O–H groups in total. The third-order valence-corrected chi connectivity index (χ3v) is 6.42. The second-order valence-corrected chi connectivity index (χ2v) is 8.45. The first kappa shape index (κ1) is 18.5. The summed E-state index contributed by atoms with van der Waals surface area (Å²) in [6.45, 7) is 3.96. The Hall–Kier alpha value is -2.91. The molecule has 3 aromatic heterocycles. The number of Topliss-reactive ketones (excluding diaryl/α,β-unsaturated/α-hetero) is 1. The highest BCUT2D eigenvalue weighted by Crippen LogP contribution is 2.43. The third kappa shape index (κ3) is 3.02. The van der Waals surface area contributed by atoms with E-state index in [1.54, 1.807) is 42.0 Å². The lowest BCUT2D eigenvalue weighted by molar-refractivity contribution is -0.117. The first-order valence-electron chi connectivity index (χ1n) is 8.57. The van der Waals surface area contributed by atoms with Gasteiger partial charge in [0.25, 0.3) is 5.91 Å². The molecule has 0 saturated heterocycles. The van der Waals surface area contributed by atoms with E-state index in [2.05, 4.69) is 15.2 Å². The van der Waals surface area contributed by atoms with Crippen LogP contribution >= 0.6 is 22.7 Å². The first-order chi connectivity index (χ1) is 13.5. The minimum Gasteiger partial charge on any atom is -0.503 e. The van der Waals surface area contributed by atoms with Crippen LogP contribution < -0.4 is 4.90 Å². The molecule has 0 bridgehead atoms. The van der Waals surface area contributed by atoms with Crippen molar-refractivity contribution in [1.82, 2.24) is 15.2 Å². The van der Waals surface area contributed by atoms with Crippen molar-refractivity contribution in [3.63, 3.8) is 0 Å². The molecule has 0 fully saturated rings. The van der Waals surface area contributed by atoms with Gasteiger partial charge in [-0.05, 0) is 23.1 Å². The van der Waals surface area contributed by atoms with E-state index in [4.69, 9.17) is 0 Å². The van der Waals surface area contributed by atoms with Crippen LogP contribution in [0, 0.1) is 0 Å². The van der Waals surface area contributed by atoms with Gasteiger partial charge < -0.3 is 5.11 Å². The number of hydrogen-bond donors (Lipinski definition) is 1. The maximum absolute atomic E-state index is 13.1. The van der Waals surface area contributed by atoms with Gasteiger partial charge in [0, 0.05) is 18.3 Å². The SMILES string of the molecule is CC(C)c1nnc(N2C(=O)C(O)=C(C(=O)c3cccs3)[C@@H]2c2cccnc2)s1. The summed E-state index contributed by atoms with van der Waals surface area (Å²) in [7, 11) is 0. The van der Waals surface area contributed by atoms with Crippen molar-refractivity contribution in [3.8, 4) is 0 Å². The van der Waals surface area contributed by atoms with Crippen LogP contribution in [-0.2, 0) is 4.79 Å². The van der Waals surface area contributed by atoms with Crippen LogP contribution in [0.4, 0.5) is 5.13 Å². The van der Waals surface area contributed by atoms with Crippen LogP contribution in [0.5, 0.6) is 0 Å². The van der Waals surface area contributed by atoms with Gasteiger partial charge in [0.1, 0.15) is 5.01 Å². The molecule has 1 amide bonds. The van der Waals surface area contributed by atoms with Crippen molar-refractivity contribution >= 4 is 39.5 Å². The Morgan fingerprint density at radius 1 is 1.25 bits per heavy atom. The Labute approximate surface area is 169 Å². The largest absolute Gasteiger partial charge is 0.503 e. The normalized spacial score (nSPS) is 17.0. The number of rotatable bonds is 5. The number of thiophene rings is 1. The molecule has 1 aliphatic rings. The fraction of sp³-hybridized carbons (Fsp3) is 0.211. The van der Waals surface area contributed by atoms with Crippen LogP contribution in [0.3, 0.4) is 0 Å².